The first-order chi connectivity index (χ1) is 12.7. The maximum absolute atomic E-state index is 13.1. The van der Waals surface area contributed by atoms with E-state index in [-0.39, 0.29) is 0 Å². The van der Waals surface area contributed by atoms with Crippen molar-refractivity contribution in [2.45, 2.75) is 26.4 Å². The maximum Gasteiger partial charge on any atom is 0.298 e. The number of rotatable bonds is 4. The average molecular weight is 351 g/mol. The summed E-state index contributed by atoms with van der Waals surface area (Å²) in [6, 6.07) is 9.48. The minimum atomic E-state index is -0.628. The van der Waals surface area contributed by atoms with Gasteiger partial charge in [0.1, 0.15) is 5.82 Å². The molecule has 3 aromatic rings. The summed E-state index contributed by atoms with van der Waals surface area (Å²) in [7, 11) is 0. The number of Topliss-reactive ketones (excluding diaryl/α,β-unsaturated/α-hetero) is 1. The van der Waals surface area contributed by atoms with Crippen LogP contribution in [0.15, 0.2) is 36.5 Å². The lowest BCUT2D eigenvalue weighted by atomic mass is 10.0. The van der Waals surface area contributed by atoms with Gasteiger partial charge in [0.15, 0.2) is 0 Å². The topological polar surface area (TPSA) is 81.0 Å². The van der Waals surface area contributed by atoms with Crippen molar-refractivity contribution in [2.75, 3.05) is 18.4 Å². The van der Waals surface area contributed by atoms with Crippen LogP contribution < -0.4 is 10.6 Å². The third kappa shape index (κ3) is 2.70. The van der Waals surface area contributed by atoms with Gasteiger partial charge in [-0.2, -0.15) is 5.10 Å². The molecule has 0 fully saturated rings. The summed E-state index contributed by atoms with van der Waals surface area (Å²) in [5.74, 6) is -0.598. The van der Waals surface area contributed by atoms with E-state index >= 15 is 0 Å². The second-order valence-corrected chi connectivity index (χ2v) is 6.31. The first kappa shape index (κ1) is 16.5. The molecule has 1 aliphatic rings. The number of nitrogens with one attached hydrogen (secondary N) is 2. The molecular formula is C19H21N5O2. The lowest BCUT2D eigenvalue weighted by Crippen LogP contribution is -2.25. The number of benzene rings is 1. The van der Waals surface area contributed by atoms with Crippen LogP contribution in [-0.2, 0) is 24.3 Å². The zero-order valence-electron chi connectivity index (χ0n) is 14.7. The normalized spacial score (nSPS) is 14.0. The number of carbonyl (C=O) groups excluding carboxylic acids is 2. The number of nitrogens with zero attached hydrogens (tertiary/aromatic N) is 3. The number of para-hydroxylation sites is 1. The van der Waals surface area contributed by atoms with Gasteiger partial charge in [0.05, 0.1) is 11.8 Å². The van der Waals surface area contributed by atoms with Gasteiger partial charge in [0.2, 0.25) is 0 Å². The molecule has 2 aromatic heterocycles. The fourth-order valence-electron chi connectivity index (χ4n) is 3.63. The summed E-state index contributed by atoms with van der Waals surface area (Å²) in [5, 5.41) is 11.0. The molecule has 0 spiro atoms. The highest BCUT2D eigenvalue weighted by Gasteiger charge is 2.27. The van der Waals surface area contributed by atoms with Crippen molar-refractivity contribution < 1.29 is 9.59 Å². The van der Waals surface area contributed by atoms with Crippen LogP contribution in [-0.4, -0.2) is 39.1 Å². The van der Waals surface area contributed by atoms with E-state index in [1.54, 1.807) is 16.9 Å². The molecule has 134 valence electrons. The number of fused-ring (bicyclic) bond motifs is 3. The van der Waals surface area contributed by atoms with Crippen molar-refractivity contribution >= 4 is 28.4 Å². The number of aryl methyl sites for hydroxylation is 1. The largest absolute Gasteiger partial charge is 0.343 e. The molecule has 2 N–H and O–H groups in total. The van der Waals surface area contributed by atoms with E-state index in [9.17, 15) is 9.59 Å². The molecule has 0 radical (unpaired) electrons. The highest BCUT2D eigenvalue weighted by Crippen LogP contribution is 2.28. The van der Waals surface area contributed by atoms with Crippen molar-refractivity contribution in [3.8, 4) is 0 Å². The molecule has 7 nitrogen and oxygen atoms in total. The number of hydrogen-bond acceptors (Lipinski definition) is 4. The molecule has 0 unspecified atom stereocenters. The van der Waals surface area contributed by atoms with Crippen LogP contribution in [0.1, 0.15) is 23.0 Å². The smallest absolute Gasteiger partial charge is 0.298 e. The number of ketones is 1. The van der Waals surface area contributed by atoms with E-state index in [4.69, 9.17) is 0 Å². The highest BCUT2D eigenvalue weighted by molar-refractivity contribution is 6.48. The SMILES string of the molecule is CCn1nccc1NC(=O)C(=O)c1c2n(c3ccccc13)CCNCC2. The molecule has 3 heterocycles. The quantitative estimate of drug-likeness (QED) is 0.555. The number of hydrogen-bond donors (Lipinski definition) is 2. The molecule has 0 aliphatic carbocycles. The van der Waals surface area contributed by atoms with E-state index in [0.717, 1.165) is 42.7 Å². The summed E-state index contributed by atoms with van der Waals surface area (Å²) in [5.41, 5.74) is 2.45. The summed E-state index contributed by atoms with van der Waals surface area (Å²) >= 11 is 0. The number of aromatic nitrogens is 3. The molecule has 26 heavy (non-hydrogen) atoms. The van der Waals surface area contributed by atoms with E-state index in [0.29, 0.717) is 17.9 Å². The molecular weight excluding hydrogens is 330 g/mol. The van der Waals surface area contributed by atoms with Crippen LogP contribution in [0, 0.1) is 0 Å². The Kier molecular flexibility index (Phi) is 4.30. The number of carbonyl (C=O) groups is 2. The summed E-state index contributed by atoms with van der Waals surface area (Å²) in [4.78, 5) is 25.7. The lowest BCUT2D eigenvalue weighted by Gasteiger charge is -2.08. The van der Waals surface area contributed by atoms with Gasteiger partial charge in [-0.3, -0.25) is 9.59 Å². The Morgan fingerprint density at radius 2 is 2.08 bits per heavy atom. The average Bonchev–Trinajstić information content (AvgIpc) is 3.14. The zero-order valence-corrected chi connectivity index (χ0v) is 14.7. The zero-order chi connectivity index (χ0) is 18.1. The molecule has 1 amide bonds. The van der Waals surface area contributed by atoms with E-state index in [1.807, 2.05) is 31.2 Å². The Morgan fingerprint density at radius 3 is 2.92 bits per heavy atom. The molecule has 0 bridgehead atoms. The number of amides is 1. The van der Waals surface area contributed by atoms with Gasteiger partial charge in [0.25, 0.3) is 11.7 Å². The maximum atomic E-state index is 13.1. The third-order valence-corrected chi connectivity index (χ3v) is 4.82. The molecule has 0 saturated carbocycles. The Bertz CT molecular complexity index is 985. The van der Waals surface area contributed by atoms with Gasteiger partial charge >= 0.3 is 0 Å². The van der Waals surface area contributed by atoms with Gasteiger partial charge in [-0.05, 0) is 13.0 Å². The second-order valence-electron chi connectivity index (χ2n) is 6.31. The van der Waals surface area contributed by atoms with Crippen LogP contribution in [0.25, 0.3) is 10.9 Å². The van der Waals surface area contributed by atoms with Crippen LogP contribution in [0.4, 0.5) is 5.82 Å². The molecule has 4 rings (SSSR count). The first-order valence-electron chi connectivity index (χ1n) is 8.89. The predicted molar refractivity (Wildman–Crippen MR) is 99.4 cm³/mol. The molecule has 0 saturated heterocycles. The lowest BCUT2D eigenvalue weighted by molar-refractivity contribution is -0.112. The van der Waals surface area contributed by atoms with Gasteiger partial charge in [0, 0.05) is 55.3 Å². The van der Waals surface area contributed by atoms with E-state index in [1.165, 1.54) is 0 Å². The van der Waals surface area contributed by atoms with Crippen LogP contribution in [0.3, 0.4) is 0 Å². The first-order valence-corrected chi connectivity index (χ1v) is 8.89. The summed E-state index contributed by atoms with van der Waals surface area (Å²) in [6.07, 6.45) is 2.32. The van der Waals surface area contributed by atoms with Gasteiger partial charge in [-0.25, -0.2) is 4.68 Å². The molecule has 1 aliphatic heterocycles. The Labute approximate surface area is 151 Å². The predicted octanol–water partition coefficient (Wildman–Crippen LogP) is 1.82. The highest BCUT2D eigenvalue weighted by atomic mass is 16.2. The monoisotopic (exact) mass is 351 g/mol. The Balaban J connectivity index is 1.75. The fourth-order valence-corrected chi connectivity index (χ4v) is 3.63. The van der Waals surface area contributed by atoms with Crippen molar-refractivity contribution in [3.63, 3.8) is 0 Å². The summed E-state index contributed by atoms with van der Waals surface area (Å²) in [6.45, 7) is 4.97. The van der Waals surface area contributed by atoms with E-state index < -0.39 is 11.7 Å². The molecule has 1 aromatic carbocycles. The van der Waals surface area contributed by atoms with Gasteiger partial charge in [-0.1, -0.05) is 18.2 Å². The standard InChI is InChI=1S/C19H21N5O2/c1-2-24-16(8-10-21-24)22-19(26)18(25)17-13-5-3-4-6-14(13)23-12-11-20-9-7-15(17)23/h3-6,8,10,20H,2,7,9,11-12H2,1H3,(H,22,26). The van der Waals surface area contributed by atoms with Gasteiger partial charge < -0.3 is 15.2 Å². The van der Waals surface area contributed by atoms with Crippen molar-refractivity contribution in [1.29, 1.82) is 0 Å². The number of anilines is 1. The third-order valence-electron chi connectivity index (χ3n) is 4.82. The molecule has 0 atom stereocenters. The van der Waals surface area contributed by atoms with Crippen LogP contribution in [0.5, 0.6) is 0 Å². The second kappa shape index (κ2) is 6.76. The van der Waals surface area contributed by atoms with Crippen molar-refractivity contribution in [1.82, 2.24) is 19.7 Å². The summed E-state index contributed by atoms with van der Waals surface area (Å²) < 4.78 is 3.81. The Hall–Kier alpha value is -2.93. The van der Waals surface area contributed by atoms with Crippen LogP contribution >= 0.6 is 0 Å². The van der Waals surface area contributed by atoms with Crippen LogP contribution in [0.2, 0.25) is 0 Å². The minimum Gasteiger partial charge on any atom is -0.343 e. The fraction of sp³-hybridized carbons (Fsp3) is 0.316. The van der Waals surface area contributed by atoms with Crippen molar-refractivity contribution in [3.05, 3.63) is 47.8 Å². The van der Waals surface area contributed by atoms with Gasteiger partial charge in [-0.15, -0.1) is 0 Å². The molecule has 7 heteroatoms. The Morgan fingerprint density at radius 1 is 1.23 bits per heavy atom. The van der Waals surface area contributed by atoms with Crippen molar-refractivity contribution in [2.24, 2.45) is 0 Å². The van der Waals surface area contributed by atoms with E-state index in [2.05, 4.69) is 20.3 Å². The minimum absolute atomic E-state index is 0.499.